The number of allylic oxidation sites excluding steroid dienone is 1. The van der Waals surface area contributed by atoms with Crippen LogP contribution in [0.2, 0.25) is 0 Å². The minimum absolute atomic E-state index is 0.00536. The molecule has 0 saturated carbocycles. The summed E-state index contributed by atoms with van der Waals surface area (Å²) in [6.07, 6.45) is 3.63. The monoisotopic (exact) mass is 141 g/mol. The highest BCUT2D eigenvalue weighted by atomic mass is 16.5. The van der Waals surface area contributed by atoms with Gasteiger partial charge in [-0.15, -0.1) is 0 Å². The second-order valence-corrected chi connectivity index (χ2v) is 3.34. The normalized spacial score (nSPS) is 11.5. The fourth-order valence-electron chi connectivity index (χ4n) is 0.580. The minimum Gasteiger partial charge on any atom is -0.376 e. The summed E-state index contributed by atoms with van der Waals surface area (Å²) in [5.41, 5.74) is -0.00536. The lowest BCUT2D eigenvalue weighted by Gasteiger charge is -2.18. The van der Waals surface area contributed by atoms with Gasteiger partial charge in [-0.05, 0) is 33.6 Å². The van der Waals surface area contributed by atoms with Gasteiger partial charge >= 0.3 is 0 Å². The largest absolute Gasteiger partial charge is 0.376 e. The fourth-order valence-corrected chi connectivity index (χ4v) is 0.580. The number of hydrogen-bond donors (Lipinski definition) is 0. The first-order chi connectivity index (χ1) is 4.56. The van der Waals surface area contributed by atoms with Gasteiger partial charge in [0.05, 0.1) is 5.60 Å². The smallest absolute Gasteiger partial charge is 0.0598 e. The molecule has 0 amide bonds. The van der Waals surface area contributed by atoms with E-state index in [-0.39, 0.29) is 5.60 Å². The molecule has 1 heteroatoms. The van der Waals surface area contributed by atoms with Crippen molar-refractivity contribution in [3.8, 4) is 0 Å². The number of rotatable bonds is 4. The van der Waals surface area contributed by atoms with E-state index in [9.17, 15) is 0 Å². The zero-order valence-electron chi connectivity index (χ0n) is 7.18. The molecule has 1 nitrogen and oxygen atoms in total. The predicted molar refractivity (Wildman–Crippen MR) is 43.8 cm³/mol. The third kappa shape index (κ3) is 7.70. The lowest BCUT2D eigenvalue weighted by molar-refractivity contribution is -0.00362. The predicted octanol–water partition coefficient (Wildman–Crippen LogP) is 2.57. The van der Waals surface area contributed by atoms with Crippen LogP contribution in [0.25, 0.3) is 0 Å². The van der Waals surface area contributed by atoms with E-state index < -0.39 is 0 Å². The van der Waals surface area contributed by atoms with Crippen molar-refractivity contribution in [2.45, 2.75) is 39.2 Å². The van der Waals surface area contributed by atoms with Crippen LogP contribution in [0, 0.1) is 6.58 Å². The van der Waals surface area contributed by atoms with Crippen LogP contribution in [0.1, 0.15) is 33.6 Å². The van der Waals surface area contributed by atoms with Gasteiger partial charge in [0.15, 0.2) is 0 Å². The number of unbranched alkanes of at least 4 members (excludes halogenated alkanes) is 1. The average Bonchev–Trinajstić information content (AvgIpc) is 1.78. The molecule has 0 N–H and O–H groups in total. The van der Waals surface area contributed by atoms with Crippen molar-refractivity contribution in [2.75, 3.05) is 6.61 Å². The SMILES string of the molecule is [CH]=CCCCOC(C)(C)C. The van der Waals surface area contributed by atoms with E-state index in [4.69, 9.17) is 11.3 Å². The number of hydrogen-bond acceptors (Lipinski definition) is 1. The van der Waals surface area contributed by atoms with Gasteiger partial charge in [0.2, 0.25) is 0 Å². The van der Waals surface area contributed by atoms with E-state index in [0.29, 0.717) is 0 Å². The van der Waals surface area contributed by atoms with Crippen molar-refractivity contribution in [3.05, 3.63) is 12.7 Å². The Morgan fingerprint density at radius 1 is 1.40 bits per heavy atom. The topological polar surface area (TPSA) is 9.23 Å². The van der Waals surface area contributed by atoms with Gasteiger partial charge in [-0.25, -0.2) is 0 Å². The Bertz CT molecular complexity index is 89.4. The molecule has 0 rings (SSSR count). The van der Waals surface area contributed by atoms with Gasteiger partial charge in [0.1, 0.15) is 0 Å². The molecule has 0 aromatic rings. The molecule has 1 radical (unpaired) electrons. The first-order valence-corrected chi connectivity index (χ1v) is 3.73. The highest BCUT2D eigenvalue weighted by Gasteiger charge is 2.08. The summed E-state index contributed by atoms with van der Waals surface area (Å²) in [4.78, 5) is 0. The Kier molecular flexibility index (Phi) is 4.37. The van der Waals surface area contributed by atoms with E-state index >= 15 is 0 Å². The van der Waals surface area contributed by atoms with Crippen LogP contribution in [0.3, 0.4) is 0 Å². The summed E-state index contributed by atoms with van der Waals surface area (Å²) in [6.45, 7) is 12.2. The van der Waals surface area contributed by atoms with E-state index in [1.54, 1.807) is 6.08 Å². The molecule has 0 atom stereocenters. The molecule has 0 aliphatic heterocycles. The Morgan fingerprint density at radius 2 is 2.00 bits per heavy atom. The van der Waals surface area contributed by atoms with Gasteiger partial charge in [-0.1, -0.05) is 12.7 Å². The molecule has 0 saturated heterocycles. The summed E-state index contributed by atoms with van der Waals surface area (Å²) in [7, 11) is 0. The third-order valence-corrected chi connectivity index (χ3v) is 1.05. The summed E-state index contributed by atoms with van der Waals surface area (Å²) in [5.74, 6) is 0. The molecule has 0 aromatic heterocycles. The third-order valence-electron chi connectivity index (χ3n) is 1.05. The molecule has 0 aromatic carbocycles. The highest BCUT2D eigenvalue weighted by molar-refractivity contribution is 4.63. The van der Waals surface area contributed by atoms with E-state index in [1.807, 2.05) is 0 Å². The van der Waals surface area contributed by atoms with Crippen molar-refractivity contribution < 1.29 is 4.74 Å². The lowest BCUT2D eigenvalue weighted by atomic mass is 10.2. The Balaban J connectivity index is 3.12. The van der Waals surface area contributed by atoms with Gasteiger partial charge in [-0.2, -0.15) is 0 Å². The standard InChI is InChI=1S/C9H17O/c1-5-6-7-8-10-9(2,3)4/h1,5H,6-8H2,2-4H3. The molecule has 0 fully saturated rings. The maximum Gasteiger partial charge on any atom is 0.0598 e. The zero-order chi connectivity index (χ0) is 8.04. The second-order valence-electron chi connectivity index (χ2n) is 3.34. The molecular formula is C9H17O. The van der Waals surface area contributed by atoms with Crippen LogP contribution in [-0.2, 0) is 4.74 Å². The van der Waals surface area contributed by atoms with Crippen molar-refractivity contribution in [1.82, 2.24) is 0 Å². The molecule has 0 aliphatic rings. The molecule has 0 spiro atoms. The zero-order valence-corrected chi connectivity index (χ0v) is 7.18. The van der Waals surface area contributed by atoms with Gasteiger partial charge < -0.3 is 4.74 Å². The van der Waals surface area contributed by atoms with Gasteiger partial charge in [-0.3, -0.25) is 0 Å². The quantitative estimate of drug-likeness (QED) is 0.547. The van der Waals surface area contributed by atoms with E-state index in [1.165, 1.54) is 0 Å². The summed E-state index contributed by atoms with van der Waals surface area (Å²) < 4.78 is 5.46. The van der Waals surface area contributed by atoms with Gasteiger partial charge in [0.25, 0.3) is 0 Å². The van der Waals surface area contributed by atoms with Gasteiger partial charge in [0, 0.05) is 6.61 Å². The summed E-state index contributed by atoms with van der Waals surface area (Å²) >= 11 is 0. The van der Waals surface area contributed by atoms with Crippen molar-refractivity contribution in [2.24, 2.45) is 0 Å². The van der Waals surface area contributed by atoms with Crippen LogP contribution in [0.4, 0.5) is 0 Å². The maximum absolute atomic E-state index is 5.46. The Hall–Kier alpha value is -0.300. The van der Waals surface area contributed by atoms with Crippen LogP contribution in [-0.4, -0.2) is 12.2 Å². The molecular weight excluding hydrogens is 124 g/mol. The first-order valence-electron chi connectivity index (χ1n) is 3.73. The van der Waals surface area contributed by atoms with Crippen molar-refractivity contribution in [3.63, 3.8) is 0 Å². The van der Waals surface area contributed by atoms with Crippen LogP contribution >= 0.6 is 0 Å². The average molecular weight is 141 g/mol. The first kappa shape index (κ1) is 9.70. The van der Waals surface area contributed by atoms with Crippen molar-refractivity contribution in [1.29, 1.82) is 0 Å². The Morgan fingerprint density at radius 3 is 2.40 bits per heavy atom. The fraction of sp³-hybridized carbons (Fsp3) is 0.778. The molecule has 59 valence electrons. The minimum atomic E-state index is -0.00536. The molecule has 0 bridgehead atoms. The maximum atomic E-state index is 5.46. The highest BCUT2D eigenvalue weighted by Crippen LogP contribution is 2.07. The van der Waals surface area contributed by atoms with Crippen LogP contribution in [0.5, 0.6) is 0 Å². The second kappa shape index (κ2) is 4.51. The van der Waals surface area contributed by atoms with E-state index in [0.717, 1.165) is 19.4 Å². The molecule has 0 heterocycles. The molecule has 0 aliphatic carbocycles. The lowest BCUT2D eigenvalue weighted by Crippen LogP contribution is -2.19. The summed E-state index contributed by atoms with van der Waals surface area (Å²) in [5, 5.41) is 0. The molecule has 10 heavy (non-hydrogen) atoms. The van der Waals surface area contributed by atoms with Crippen molar-refractivity contribution >= 4 is 0 Å². The van der Waals surface area contributed by atoms with Crippen LogP contribution < -0.4 is 0 Å². The summed E-state index contributed by atoms with van der Waals surface area (Å²) in [6, 6.07) is 0. The Labute approximate surface area is 64.1 Å². The molecule has 0 unspecified atom stereocenters. The number of ether oxygens (including phenoxy) is 1. The van der Waals surface area contributed by atoms with E-state index in [2.05, 4.69) is 20.8 Å². The van der Waals surface area contributed by atoms with Crippen LogP contribution in [0.15, 0.2) is 6.08 Å².